The van der Waals surface area contributed by atoms with Gasteiger partial charge >= 0.3 is 0 Å². The maximum Gasteiger partial charge on any atom is 0.249 e. The summed E-state index contributed by atoms with van der Waals surface area (Å²) in [5, 5.41) is 9.61. The summed E-state index contributed by atoms with van der Waals surface area (Å²) >= 11 is 0. The molecule has 2 aromatic rings. The van der Waals surface area contributed by atoms with Crippen molar-refractivity contribution < 1.29 is 9.59 Å². The summed E-state index contributed by atoms with van der Waals surface area (Å²) in [5.74, 6) is -0.351. The van der Waals surface area contributed by atoms with Gasteiger partial charge in [-0.2, -0.15) is 5.10 Å². The molecule has 0 saturated heterocycles. The lowest BCUT2D eigenvalue weighted by atomic mass is 9.98. The number of anilines is 2. The lowest BCUT2D eigenvalue weighted by Gasteiger charge is -2.22. The summed E-state index contributed by atoms with van der Waals surface area (Å²) in [4.78, 5) is 28.3. The van der Waals surface area contributed by atoms with Crippen LogP contribution >= 0.6 is 0 Å². The quantitative estimate of drug-likeness (QED) is 0.765. The highest BCUT2D eigenvalue weighted by Crippen LogP contribution is 2.28. The number of nitrogens with zero attached hydrogens (tertiary/aromatic N) is 3. The second-order valence-electron chi connectivity index (χ2n) is 6.44. The van der Waals surface area contributed by atoms with E-state index in [1.807, 2.05) is 0 Å². The molecule has 8 heteroatoms. The molecule has 1 fully saturated rings. The second-order valence-corrected chi connectivity index (χ2v) is 6.44. The molecule has 1 heterocycles. The van der Waals surface area contributed by atoms with E-state index >= 15 is 0 Å². The number of nitrogens with one attached hydrogen (secondary N) is 2. The van der Waals surface area contributed by atoms with Gasteiger partial charge in [-0.1, -0.05) is 12.8 Å². The van der Waals surface area contributed by atoms with Gasteiger partial charge in [0.15, 0.2) is 0 Å². The van der Waals surface area contributed by atoms with E-state index in [9.17, 15) is 9.59 Å². The van der Waals surface area contributed by atoms with E-state index in [4.69, 9.17) is 5.73 Å². The highest BCUT2D eigenvalue weighted by Gasteiger charge is 2.36. The zero-order chi connectivity index (χ0) is 17.9. The Hall–Kier alpha value is -2.74. The minimum absolute atomic E-state index is 0.151. The molecule has 1 aromatic heterocycles. The van der Waals surface area contributed by atoms with Gasteiger partial charge in [-0.15, -0.1) is 0 Å². The van der Waals surface area contributed by atoms with E-state index in [0.29, 0.717) is 24.2 Å². The summed E-state index contributed by atoms with van der Waals surface area (Å²) in [6.07, 6.45) is 6.28. The largest absolute Gasteiger partial charge is 0.324 e. The Morgan fingerprint density at radius 2 is 1.76 bits per heavy atom. The van der Waals surface area contributed by atoms with Gasteiger partial charge in [-0.05, 0) is 44.0 Å². The smallest absolute Gasteiger partial charge is 0.249 e. The predicted molar refractivity (Wildman–Crippen MR) is 93.8 cm³/mol. The van der Waals surface area contributed by atoms with Crippen LogP contribution in [0.3, 0.4) is 0 Å². The number of benzene rings is 1. The van der Waals surface area contributed by atoms with Gasteiger partial charge in [-0.25, -0.2) is 9.67 Å². The van der Waals surface area contributed by atoms with Gasteiger partial charge in [0.2, 0.25) is 11.8 Å². The third-order valence-corrected chi connectivity index (χ3v) is 4.57. The Morgan fingerprint density at radius 3 is 2.32 bits per heavy atom. The Morgan fingerprint density at radius 1 is 1.16 bits per heavy atom. The van der Waals surface area contributed by atoms with Crippen molar-refractivity contribution in [2.24, 2.45) is 5.73 Å². The van der Waals surface area contributed by atoms with Crippen LogP contribution in [-0.2, 0) is 9.59 Å². The number of nitrogens with two attached hydrogens (primary N) is 1. The number of amides is 2. The number of rotatable bonds is 5. The van der Waals surface area contributed by atoms with Crippen molar-refractivity contribution in [1.82, 2.24) is 14.8 Å². The summed E-state index contributed by atoms with van der Waals surface area (Å²) in [6.45, 7) is 1.74. The lowest BCUT2D eigenvalue weighted by molar-refractivity contribution is -0.121. The number of carbonyl (C=O) groups is 2. The average molecular weight is 342 g/mol. The van der Waals surface area contributed by atoms with Crippen molar-refractivity contribution >= 4 is 23.2 Å². The van der Waals surface area contributed by atoms with Crippen LogP contribution in [0.15, 0.2) is 36.9 Å². The van der Waals surface area contributed by atoms with Crippen molar-refractivity contribution in [3.63, 3.8) is 0 Å². The molecular formula is C17H22N6O2. The first-order chi connectivity index (χ1) is 12.0. The average Bonchev–Trinajstić information content (AvgIpc) is 3.28. The fourth-order valence-corrected chi connectivity index (χ4v) is 2.91. The predicted octanol–water partition coefficient (Wildman–Crippen LogP) is 1.69. The normalized spacial score (nSPS) is 17.0. The number of hydrogen-bond donors (Lipinski definition) is 3. The highest BCUT2D eigenvalue weighted by atomic mass is 16.2. The zero-order valence-electron chi connectivity index (χ0n) is 14.1. The molecule has 25 heavy (non-hydrogen) atoms. The van der Waals surface area contributed by atoms with E-state index in [1.54, 1.807) is 31.2 Å². The zero-order valence-corrected chi connectivity index (χ0v) is 14.1. The number of hydrogen-bond acceptors (Lipinski definition) is 5. The van der Waals surface area contributed by atoms with Crippen molar-refractivity contribution in [2.45, 2.75) is 44.2 Å². The first-order valence-electron chi connectivity index (χ1n) is 8.33. The third kappa shape index (κ3) is 3.85. The third-order valence-electron chi connectivity index (χ3n) is 4.57. The minimum Gasteiger partial charge on any atom is -0.324 e. The van der Waals surface area contributed by atoms with Crippen LogP contribution in [0.1, 0.15) is 38.6 Å². The summed E-state index contributed by atoms with van der Waals surface area (Å²) in [7, 11) is 0. The summed E-state index contributed by atoms with van der Waals surface area (Å²) < 4.78 is 1.48. The topological polar surface area (TPSA) is 115 Å². The molecule has 3 rings (SSSR count). The maximum absolute atomic E-state index is 12.3. The monoisotopic (exact) mass is 342 g/mol. The van der Waals surface area contributed by atoms with E-state index in [-0.39, 0.29) is 11.8 Å². The molecule has 1 saturated carbocycles. The van der Waals surface area contributed by atoms with Crippen LogP contribution < -0.4 is 16.4 Å². The van der Waals surface area contributed by atoms with Gasteiger partial charge in [0.25, 0.3) is 0 Å². The van der Waals surface area contributed by atoms with Crippen molar-refractivity contribution in [1.29, 1.82) is 0 Å². The molecule has 1 aliphatic carbocycles. The first kappa shape index (κ1) is 17.1. The first-order valence-corrected chi connectivity index (χ1v) is 8.33. The molecule has 0 radical (unpaired) electrons. The molecule has 1 aromatic carbocycles. The van der Waals surface area contributed by atoms with Crippen LogP contribution in [0.2, 0.25) is 0 Å². The second kappa shape index (κ2) is 7.02. The molecule has 1 atom stereocenters. The molecule has 1 unspecified atom stereocenters. The summed E-state index contributed by atoms with van der Waals surface area (Å²) in [5.41, 5.74) is 6.67. The molecule has 0 spiro atoms. The van der Waals surface area contributed by atoms with Crippen LogP contribution in [-0.4, -0.2) is 32.1 Å². The maximum atomic E-state index is 12.3. The molecule has 0 bridgehead atoms. The molecule has 4 N–H and O–H groups in total. The van der Waals surface area contributed by atoms with Crippen LogP contribution in [0.4, 0.5) is 11.4 Å². The van der Waals surface area contributed by atoms with Crippen LogP contribution in [0.25, 0.3) is 0 Å². The SMILES string of the molecule is CC(C(=O)Nc1ccc(NC(=O)C2(N)CCCC2)cc1)n1cncn1. The molecule has 0 aliphatic heterocycles. The lowest BCUT2D eigenvalue weighted by Crippen LogP contribution is -2.48. The van der Waals surface area contributed by atoms with Gasteiger partial charge < -0.3 is 16.4 Å². The minimum atomic E-state index is -0.764. The molecule has 1 aliphatic rings. The van der Waals surface area contributed by atoms with Gasteiger partial charge in [0.1, 0.15) is 18.7 Å². The van der Waals surface area contributed by atoms with E-state index < -0.39 is 11.6 Å². The van der Waals surface area contributed by atoms with E-state index in [1.165, 1.54) is 17.3 Å². The van der Waals surface area contributed by atoms with Crippen molar-refractivity contribution in [2.75, 3.05) is 10.6 Å². The Bertz CT molecular complexity index is 735. The molecule has 132 valence electrons. The van der Waals surface area contributed by atoms with E-state index in [2.05, 4.69) is 20.7 Å². The van der Waals surface area contributed by atoms with Crippen molar-refractivity contribution in [3.8, 4) is 0 Å². The Balaban J connectivity index is 1.58. The van der Waals surface area contributed by atoms with Crippen LogP contribution in [0.5, 0.6) is 0 Å². The van der Waals surface area contributed by atoms with Gasteiger partial charge in [0.05, 0.1) is 5.54 Å². The number of aromatic nitrogens is 3. The molecular weight excluding hydrogens is 320 g/mol. The van der Waals surface area contributed by atoms with Gasteiger partial charge in [0, 0.05) is 11.4 Å². The Kier molecular flexibility index (Phi) is 4.80. The number of carbonyl (C=O) groups excluding carboxylic acids is 2. The van der Waals surface area contributed by atoms with Gasteiger partial charge in [-0.3, -0.25) is 9.59 Å². The highest BCUT2D eigenvalue weighted by molar-refractivity contribution is 5.98. The van der Waals surface area contributed by atoms with E-state index in [0.717, 1.165) is 12.8 Å². The van der Waals surface area contributed by atoms with Crippen molar-refractivity contribution in [3.05, 3.63) is 36.9 Å². The fraction of sp³-hybridized carbons (Fsp3) is 0.412. The fourth-order valence-electron chi connectivity index (χ4n) is 2.91. The summed E-state index contributed by atoms with van der Waals surface area (Å²) in [6, 6.07) is 6.48. The molecule has 8 nitrogen and oxygen atoms in total. The standard InChI is InChI=1S/C17H22N6O2/c1-12(23-11-19-10-20-23)15(24)21-13-4-6-14(7-5-13)22-16(25)17(18)8-2-3-9-17/h4-7,10-12H,2-3,8-9,18H2,1H3,(H,21,24)(H,22,25). The Labute approximate surface area is 145 Å². The van der Waals surface area contributed by atoms with Crippen LogP contribution in [0, 0.1) is 0 Å². The molecule has 2 amide bonds.